The van der Waals surface area contributed by atoms with Crippen molar-refractivity contribution in [3.8, 4) is 0 Å². The van der Waals surface area contributed by atoms with E-state index in [1.165, 1.54) is 19.4 Å². The Morgan fingerprint density at radius 3 is 3.00 bits per heavy atom. The lowest BCUT2D eigenvalue weighted by atomic mass is 9.97. The minimum atomic E-state index is -0.329. The molecule has 1 aromatic carbocycles. The lowest BCUT2D eigenvalue weighted by molar-refractivity contribution is -0.384. The molecule has 0 spiro atoms. The lowest BCUT2D eigenvalue weighted by Gasteiger charge is -2.35. The van der Waals surface area contributed by atoms with Gasteiger partial charge >= 0.3 is 0 Å². The first-order chi connectivity index (χ1) is 9.63. The second-order valence-electron chi connectivity index (χ2n) is 5.95. The largest absolute Gasteiger partial charge is 0.382 e. The zero-order valence-corrected chi connectivity index (χ0v) is 11.8. The molecule has 1 N–H and O–H groups in total. The Morgan fingerprint density at radius 2 is 2.20 bits per heavy atom. The van der Waals surface area contributed by atoms with Gasteiger partial charge in [-0.1, -0.05) is 6.07 Å². The molecule has 2 saturated heterocycles. The molecule has 2 atom stereocenters. The molecule has 0 bridgehead atoms. The Kier molecular flexibility index (Phi) is 3.61. The van der Waals surface area contributed by atoms with Gasteiger partial charge in [-0.15, -0.1) is 0 Å². The molecule has 2 heterocycles. The van der Waals surface area contributed by atoms with Crippen LogP contribution in [0.4, 0.5) is 11.4 Å². The molecular weight excluding hydrogens is 254 g/mol. The number of anilines is 1. The number of fused-ring (bicyclic) bond motifs is 1. The van der Waals surface area contributed by atoms with Crippen molar-refractivity contribution in [3.63, 3.8) is 0 Å². The predicted molar refractivity (Wildman–Crippen MR) is 79.1 cm³/mol. The van der Waals surface area contributed by atoms with Gasteiger partial charge in [0.25, 0.3) is 5.69 Å². The molecule has 2 aliphatic rings. The van der Waals surface area contributed by atoms with E-state index >= 15 is 0 Å². The molecule has 0 radical (unpaired) electrons. The third-order valence-corrected chi connectivity index (χ3v) is 4.61. The van der Waals surface area contributed by atoms with Gasteiger partial charge in [0.15, 0.2) is 0 Å². The average Bonchev–Trinajstić information content (AvgIpc) is 2.88. The standard InChI is InChI=1S/C15H21N3O2/c1-11-4-5-14(18(19)20)10-15(11)16-12-6-8-17-7-2-3-13(17)9-12/h4-5,10,12-13,16H,2-3,6-9H2,1H3. The van der Waals surface area contributed by atoms with Crippen molar-refractivity contribution in [3.05, 3.63) is 33.9 Å². The maximum Gasteiger partial charge on any atom is 0.271 e. The second-order valence-corrected chi connectivity index (χ2v) is 5.95. The Morgan fingerprint density at radius 1 is 1.35 bits per heavy atom. The molecule has 0 aromatic heterocycles. The second kappa shape index (κ2) is 5.40. The fraction of sp³-hybridized carbons (Fsp3) is 0.600. The molecule has 108 valence electrons. The fourth-order valence-corrected chi connectivity index (χ4v) is 3.45. The van der Waals surface area contributed by atoms with Crippen LogP contribution in [0.5, 0.6) is 0 Å². The number of nitro groups is 1. The van der Waals surface area contributed by atoms with E-state index in [0.717, 1.165) is 30.6 Å². The molecule has 0 saturated carbocycles. The number of piperidine rings is 1. The fourth-order valence-electron chi connectivity index (χ4n) is 3.45. The first kappa shape index (κ1) is 13.4. The minimum Gasteiger partial charge on any atom is -0.382 e. The Balaban J connectivity index is 1.71. The quantitative estimate of drug-likeness (QED) is 0.680. The van der Waals surface area contributed by atoms with Gasteiger partial charge in [0.05, 0.1) is 4.92 Å². The van der Waals surface area contributed by atoms with Crippen LogP contribution in [0.25, 0.3) is 0 Å². The van der Waals surface area contributed by atoms with E-state index in [1.807, 2.05) is 13.0 Å². The molecule has 2 unspecified atom stereocenters. The number of benzene rings is 1. The minimum absolute atomic E-state index is 0.163. The third-order valence-electron chi connectivity index (χ3n) is 4.61. The van der Waals surface area contributed by atoms with Crippen LogP contribution in [0.15, 0.2) is 18.2 Å². The molecule has 3 rings (SSSR count). The summed E-state index contributed by atoms with van der Waals surface area (Å²) in [4.78, 5) is 13.1. The van der Waals surface area contributed by atoms with Crippen LogP contribution in [0.3, 0.4) is 0 Å². The summed E-state index contributed by atoms with van der Waals surface area (Å²) in [6.45, 7) is 4.39. The van der Waals surface area contributed by atoms with E-state index < -0.39 is 0 Å². The maximum atomic E-state index is 10.9. The van der Waals surface area contributed by atoms with Crippen molar-refractivity contribution >= 4 is 11.4 Å². The summed E-state index contributed by atoms with van der Waals surface area (Å²) in [5, 5.41) is 14.4. The summed E-state index contributed by atoms with van der Waals surface area (Å²) in [7, 11) is 0. The highest BCUT2D eigenvalue weighted by Crippen LogP contribution is 2.30. The van der Waals surface area contributed by atoms with Crippen molar-refractivity contribution in [2.45, 2.75) is 44.7 Å². The van der Waals surface area contributed by atoms with Crippen molar-refractivity contribution in [1.29, 1.82) is 0 Å². The summed E-state index contributed by atoms with van der Waals surface area (Å²) in [6.07, 6.45) is 4.89. The van der Waals surface area contributed by atoms with E-state index in [0.29, 0.717) is 12.1 Å². The van der Waals surface area contributed by atoms with Crippen molar-refractivity contribution in [2.24, 2.45) is 0 Å². The van der Waals surface area contributed by atoms with Gasteiger partial charge in [0, 0.05) is 36.4 Å². The molecule has 5 heteroatoms. The molecular formula is C15H21N3O2. The molecule has 2 fully saturated rings. The number of rotatable bonds is 3. The third kappa shape index (κ3) is 2.63. The number of nitro benzene ring substituents is 1. The van der Waals surface area contributed by atoms with Crippen molar-refractivity contribution < 1.29 is 4.92 Å². The molecule has 20 heavy (non-hydrogen) atoms. The average molecular weight is 275 g/mol. The Hall–Kier alpha value is -1.62. The highest BCUT2D eigenvalue weighted by molar-refractivity contribution is 5.57. The number of aryl methyl sites for hydroxylation is 1. The smallest absolute Gasteiger partial charge is 0.271 e. The molecule has 2 aliphatic heterocycles. The van der Waals surface area contributed by atoms with Gasteiger partial charge in [0.2, 0.25) is 0 Å². The van der Waals surface area contributed by atoms with E-state index in [2.05, 4.69) is 10.2 Å². The zero-order chi connectivity index (χ0) is 14.1. The highest BCUT2D eigenvalue weighted by Gasteiger charge is 2.31. The van der Waals surface area contributed by atoms with Crippen LogP contribution in [0.2, 0.25) is 0 Å². The normalized spacial score (nSPS) is 26.2. The topological polar surface area (TPSA) is 58.4 Å². The first-order valence-corrected chi connectivity index (χ1v) is 7.39. The van der Waals surface area contributed by atoms with E-state index in [1.54, 1.807) is 12.1 Å². The Bertz CT molecular complexity index is 518. The molecule has 0 aliphatic carbocycles. The van der Waals surface area contributed by atoms with Crippen LogP contribution in [-0.4, -0.2) is 35.0 Å². The summed E-state index contributed by atoms with van der Waals surface area (Å²) in [6, 6.07) is 6.21. The van der Waals surface area contributed by atoms with Crippen molar-refractivity contribution in [1.82, 2.24) is 4.90 Å². The summed E-state index contributed by atoms with van der Waals surface area (Å²) in [5.41, 5.74) is 2.15. The predicted octanol–water partition coefficient (Wildman–Crippen LogP) is 2.94. The highest BCUT2D eigenvalue weighted by atomic mass is 16.6. The Labute approximate surface area is 119 Å². The van der Waals surface area contributed by atoms with Gasteiger partial charge < -0.3 is 10.2 Å². The lowest BCUT2D eigenvalue weighted by Crippen LogP contribution is -2.42. The van der Waals surface area contributed by atoms with Crippen LogP contribution < -0.4 is 5.32 Å². The summed E-state index contributed by atoms with van der Waals surface area (Å²) >= 11 is 0. The monoisotopic (exact) mass is 275 g/mol. The van der Waals surface area contributed by atoms with Gasteiger partial charge in [-0.05, 0) is 44.7 Å². The van der Waals surface area contributed by atoms with Crippen LogP contribution in [-0.2, 0) is 0 Å². The summed E-state index contributed by atoms with van der Waals surface area (Å²) < 4.78 is 0. The van der Waals surface area contributed by atoms with E-state index in [-0.39, 0.29) is 10.6 Å². The van der Waals surface area contributed by atoms with Gasteiger partial charge in [0.1, 0.15) is 0 Å². The SMILES string of the molecule is Cc1ccc([N+](=O)[O-])cc1NC1CCN2CCCC2C1. The molecule has 0 amide bonds. The number of nitrogens with one attached hydrogen (secondary N) is 1. The van der Waals surface area contributed by atoms with Gasteiger partial charge in [-0.25, -0.2) is 0 Å². The molecule has 1 aromatic rings. The van der Waals surface area contributed by atoms with Crippen LogP contribution in [0, 0.1) is 17.0 Å². The van der Waals surface area contributed by atoms with E-state index in [4.69, 9.17) is 0 Å². The molecule has 5 nitrogen and oxygen atoms in total. The summed E-state index contributed by atoms with van der Waals surface area (Å²) in [5.74, 6) is 0. The van der Waals surface area contributed by atoms with Gasteiger partial charge in [-0.2, -0.15) is 0 Å². The number of non-ortho nitro benzene ring substituents is 1. The maximum absolute atomic E-state index is 10.9. The van der Waals surface area contributed by atoms with Gasteiger partial charge in [-0.3, -0.25) is 10.1 Å². The first-order valence-electron chi connectivity index (χ1n) is 7.39. The van der Waals surface area contributed by atoms with Crippen molar-refractivity contribution in [2.75, 3.05) is 18.4 Å². The van der Waals surface area contributed by atoms with Crippen LogP contribution in [0.1, 0.15) is 31.2 Å². The number of hydrogen-bond donors (Lipinski definition) is 1. The number of hydrogen-bond acceptors (Lipinski definition) is 4. The van der Waals surface area contributed by atoms with E-state index in [9.17, 15) is 10.1 Å². The zero-order valence-electron chi connectivity index (χ0n) is 11.8. The number of nitrogens with zero attached hydrogens (tertiary/aromatic N) is 2. The van der Waals surface area contributed by atoms with Crippen LogP contribution >= 0.6 is 0 Å².